The third kappa shape index (κ3) is 11.4. The minimum absolute atomic E-state index is 0.00511. The lowest BCUT2D eigenvalue weighted by molar-refractivity contribution is -0.135. The van der Waals surface area contributed by atoms with Crippen LogP contribution in [0.1, 0.15) is 39.2 Å². The number of halogens is 3. The minimum atomic E-state index is -4.60. The molecular formula is C26H36BF3N4O5. The summed E-state index contributed by atoms with van der Waals surface area (Å²) in [5.41, 5.74) is 0.304. The van der Waals surface area contributed by atoms with E-state index in [2.05, 4.69) is 10.6 Å². The maximum absolute atomic E-state index is 12.9. The predicted molar refractivity (Wildman–Crippen MR) is 139 cm³/mol. The van der Waals surface area contributed by atoms with Gasteiger partial charge in [-0.25, -0.2) is 0 Å². The summed E-state index contributed by atoms with van der Waals surface area (Å²) in [6.45, 7) is 4.03. The minimum Gasteiger partial charge on any atom is -0.426 e. The van der Waals surface area contributed by atoms with Crippen molar-refractivity contribution in [2.75, 3.05) is 26.3 Å². The number of nitriles is 1. The molecule has 1 aliphatic rings. The number of nitrogens with zero attached hydrogens (tertiary/aromatic N) is 2. The number of carbonyl (C=O) groups is 2. The summed E-state index contributed by atoms with van der Waals surface area (Å²) in [4.78, 5) is 27.3. The smallest absolute Gasteiger partial charge is 0.426 e. The molecule has 0 aromatic heterocycles. The Morgan fingerprint density at radius 1 is 1.26 bits per heavy atom. The molecule has 0 bridgehead atoms. The average Bonchev–Trinajstić information content (AvgIpc) is 3.31. The number of alkyl halides is 3. The summed E-state index contributed by atoms with van der Waals surface area (Å²) in [7, 11) is -1.95. The van der Waals surface area contributed by atoms with Crippen molar-refractivity contribution in [1.82, 2.24) is 15.5 Å². The highest BCUT2D eigenvalue weighted by atomic mass is 19.4. The highest BCUT2D eigenvalue weighted by Crippen LogP contribution is 2.23. The third-order valence-corrected chi connectivity index (χ3v) is 6.01. The fourth-order valence-corrected chi connectivity index (χ4v) is 4.18. The standard InChI is InChI=1S/C26H36BF3N4O5/c1-25(2,3)13-19(14-31)24(36)34-11-7-10-20(34)15-39-16-21(32-17-26(28,29)30)23(35)33-22(27(37)38)12-18-8-5-4-6-9-18/h4-6,8-9,13,20-22,32,37-38H,7,10-12,15-17H2,1-3H3,(H,33,35)/t20?,21?,22-/m0/s1. The summed E-state index contributed by atoms with van der Waals surface area (Å²) in [6.07, 6.45) is -1.73. The molecule has 1 aromatic carbocycles. The molecule has 4 N–H and O–H groups in total. The van der Waals surface area contributed by atoms with E-state index < -0.39 is 61.7 Å². The Morgan fingerprint density at radius 2 is 1.92 bits per heavy atom. The van der Waals surface area contributed by atoms with E-state index >= 15 is 0 Å². The third-order valence-electron chi connectivity index (χ3n) is 6.01. The van der Waals surface area contributed by atoms with Gasteiger partial charge in [0, 0.05) is 6.54 Å². The van der Waals surface area contributed by atoms with Crippen molar-refractivity contribution in [2.45, 2.75) is 64.2 Å². The van der Waals surface area contributed by atoms with Crippen LogP contribution in [0.3, 0.4) is 0 Å². The molecule has 2 amide bonds. The van der Waals surface area contributed by atoms with Gasteiger partial charge in [0.2, 0.25) is 5.91 Å². The molecule has 2 rings (SSSR count). The summed E-state index contributed by atoms with van der Waals surface area (Å²) in [6, 6.07) is 8.73. The first-order chi connectivity index (χ1) is 18.2. The quantitative estimate of drug-likeness (QED) is 0.176. The number of likely N-dealkylation sites (tertiary alicyclic amines) is 1. The van der Waals surface area contributed by atoms with Crippen molar-refractivity contribution in [3.05, 3.63) is 47.5 Å². The van der Waals surface area contributed by atoms with Gasteiger partial charge in [0.05, 0.1) is 31.7 Å². The van der Waals surface area contributed by atoms with Crippen LogP contribution in [0.4, 0.5) is 13.2 Å². The van der Waals surface area contributed by atoms with Crippen molar-refractivity contribution in [3.63, 3.8) is 0 Å². The zero-order chi connectivity index (χ0) is 29.2. The van der Waals surface area contributed by atoms with E-state index in [1.807, 2.05) is 26.8 Å². The zero-order valence-corrected chi connectivity index (χ0v) is 22.4. The first-order valence-corrected chi connectivity index (χ1v) is 12.7. The largest absolute Gasteiger partial charge is 0.475 e. The Hall–Kier alpha value is -2.92. The van der Waals surface area contributed by atoms with Crippen LogP contribution in [0.5, 0.6) is 0 Å². The summed E-state index contributed by atoms with van der Waals surface area (Å²) in [5, 5.41) is 33.5. The van der Waals surface area contributed by atoms with Crippen LogP contribution in [0.15, 0.2) is 42.0 Å². The van der Waals surface area contributed by atoms with Gasteiger partial charge in [0.1, 0.15) is 17.7 Å². The summed E-state index contributed by atoms with van der Waals surface area (Å²) < 4.78 is 44.3. The lowest BCUT2D eigenvalue weighted by Crippen LogP contribution is -2.56. The predicted octanol–water partition coefficient (Wildman–Crippen LogP) is 1.75. The Balaban J connectivity index is 2.06. The highest BCUT2D eigenvalue weighted by molar-refractivity contribution is 6.43. The summed E-state index contributed by atoms with van der Waals surface area (Å²) >= 11 is 0. The maximum Gasteiger partial charge on any atom is 0.475 e. The molecule has 0 aliphatic carbocycles. The van der Waals surface area contributed by atoms with Gasteiger partial charge in [-0.05, 0) is 30.2 Å². The Kier molecular flexibility index (Phi) is 12.0. The molecule has 1 saturated heterocycles. The monoisotopic (exact) mass is 552 g/mol. The average molecular weight is 552 g/mol. The number of amides is 2. The van der Waals surface area contributed by atoms with Crippen LogP contribution >= 0.6 is 0 Å². The van der Waals surface area contributed by atoms with Gasteiger partial charge in [-0.2, -0.15) is 18.4 Å². The normalized spacial score (nSPS) is 17.9. The molecule has 0 spiro atoms. The van der Waals surface area contributed by atoms with E-state index in [-0.39, 0.29) is 18.6 Å². The van der Waals surface area contributed by atoms with Crippen LogP contribution in [0.25, 0.3) is 0 Å². The van der Waals surface area contributed by atoms with Gasteiger partial charge in [0.25, 0.3) is 5.91 Å². The molecule has 1 aromatic rings. The van der Waals surface area contributed by atoms with Crippen LogP contribution < -0.4 is 10.6 Å². The van der Waals surface area contributed by atoms with E-state index in [1.54, 1.807) is 36.4 Å². The van der Waals surface area contributed by atoms with Gasteiger partial charge in [-0.1, -0.05) is 57.2 Å². The number of carbonyl (C=O) groups excluding carboxylic acids is 2. The lowest BCUT2D eigenvalue weighted by Gasteiger charge is -2.27. The fraction of sp³-hybridized carbons (Fsp3) is 0.577. The summed E-state index contributed by atoms with van der Waals surface area (Å²) in [5.74, 6) is -2.51. The fourth-order valence-electron chi connectivity index (χ4n) is 4.18. The number of hydrogen-bond donors (Lipinski definition) is 4. The number of benzene rings is 1. The van der Waals surface area contributed by atoms with Gasteiger partial charge in [-0.3, -0.25) is 14.9 Å². The van der Waals surface area contributed by atoms with Crippen LogP contribution in [0, 0.1) is 16.7 Å². The Bertz CT molecular complexity index is 1030. The molecule has 214 valence electrons. The first kappa shape index (κ1) is 32.3. The first-order valence-electron chi connectivity index (χ1n) is 12.7. The number of ether oxygens (including phenoxy) is 1. The molecule has 1 heterocycles. The molecule has 0 radical (unpaired) electrons. The van der Waals surface area contributed by atoms with Gasteiger partial charge in [-0.15, -0.1) is 0 Å². The van der Waals surface area contributed by atoms with E-state index in [4.69, 9.17) is 4.74 Å². The van der Waals surface area contributed by atoms with E-state index in [9.17, 15) is 38.1 Å². The molecule has 13 heteroatoms. The number of nitrogens with one attached hydrogen (secondary N) is 2. The topological polar surface area (TPSA) is 135 Å². The zero-order valence-electron chi connectivity index (χ0n) is 22.4. The maximum atomic E-state index is 12.9. The second-order valence-corrected chi connectivity index (χ2v) is 10.6. The SMILES string of the molecule is CC(C)(C)C=C(C#N)C(=O)N1CCCC1COCC(NCC(F)(F)F)C(=O)N[C@@H](Cc1ccccc1)B(O)O. The molecule has 2 unspecified atom stereocenters. The molecule has 9 nitrogen and oxygen atoms in total. The van der Waals surface area contributed by atoms with Crippen LogP contribution in [-0.2, 0) is 20.7 Å². The molecule has 0 saturated carbocycles. The molecule has 1 aliphatic heterocycles. The number of rotatable bonds is 12. The molecule has 3 atom stereocenters. The van der Waals surface area contributed by atoms with Crippen LogP contribution in [0.2, 0.25) is 0 Å². The van der Waals surface area contributed by atoms with Crippen molar-refractivity contribution >= 4 is 18.9 Å². The second-order valence-electron chi connectivity index (χ2n) is 10.6. The van der Waals surface area contributed by atoms with Crippen molar-refractivity contribution < 1.29 is 37.5 Å². The second kappa shape index (κ2) is 14.5. The van der Waals surface area contributed by atoms with Crippen molar-refractivity contribution in [1.29, 1.82) is 5.26 Å². The van der Waals surface area contributed by atoms with Crippen molar-refractivity contribution in [3.8, 4) is 6.07 Å². The van der Waals surface area contributed by atoms with Gasteiger partial charge >= 0.3 is 13.3 Å². The van der Waals surface area contributed by atoms with Gasteiger partial charge in [0.15, 0.2) is 0 Å². The van der Waals surface area contributed by atoms with E-state index in [0.717, 1.165) is 0 Å². The Labute approximate surface area is 227 Å². The van der Waals surface area contributed by atoms with E-state index in [0.29, 0.717) is 24.9 Å². The Morgan fingerprint density at radius 3 is 2.49 bits per heavy atom. The molecule has 1 fully saturated rings. The molecule has 39 heavy (non-hydrogen) atoms. The molecular weight excluding hydrogens is 516 g/mol. The van der Waals surface area contributed by atoms with Crippen molar-refractivity contribution in [2.24, 2.45) is 5.41 Å². The lowest BCUT2D eigenvalue weighted by atomic mass is 9.76. The number of allylic oxidation sites excluding steroid dienone is 1. The van der Waals surface area contributed by atoms with E-state index in [1.165, 1.54) is 4.90 Å². The van der Waals surface area contributed by atoms with Crippen LogP contribution in [-0.4, -0.2) is 84.4 Å². The van der Waals surface area contributed by atoms with Gasteiger partial charge < -0.3 is 25.0 Å². The number of hydrogen-bond acceptors (Lipinski definition) is 7. The highest BCUT2D eigenvalue weighted by Gasteiger charge is 2.34.